The molecule has 0 saturated heterocycles. The van der Waals surface area contributed by atoms with Gasteiger partial charge in [0.25, 0.3) is 5.89 Å². The van der Waals surface area contributed by atoms with Crippen molar-refractivity contribution in [3.8, 4) is 22.8 Å². The normalized spacial score (nSPS) is 14.0. The molecule has 0 spiro atoms. The first-order valence-corrected chi connectivity index (χ1v) is 10.2. The van der Waals surface area contributed by atoms with Crippen LogP contribution in [0.25, 0.3) is 33.7 Å². The van der Waals surface area contributed by atoms with Gasteiger partial charge in [-0.05, 0) is 68.6 Å². The third-order valence-corrected chi connectivity index (χ3v) is 5.91. The zero-order valence-corrected chi connectivity index (χ0v) is 17.4. The highest BCUT2D eigenvalue weighted by atomic mass is 35.5. The lowest BCUT2D eigenvalue weighted by Gasteiger charge is -2.20. The highest BCUT2D eigenvalue weighted by Crippen LogP contribution is 2.32. The lowest BCUT2D eigenvalue weighted by atomic mass is 9.92. The van der Waals surface area contributed by atoms with Crippen LogP contribution in [-0.2, 0) is 13.0 Å². The van der Waals surface area contributed by atoms with Crippen molar-refractivity contribution in [2.45, 2.75) is 39.8 Å². The first-order valence-electron chi connectivity index (χ1n) is 9.87. The highest BCUT2D eigenvalue weighted by molar-refractivity contribution is 6.34. The largest absolute Gasteiger partial charge is 0.334 e. The Labute approximate surface area is 173 Å². The van der Waals surface area contributed by atoms with E-state index >= 15 is 0 Å². The molecular formula is C22H22ClN5O. The van der Waals surface area contributed by atoms with Crippen molar-refractivity contribution in [1.82, 2.24) is 25.2 Å². The standard InChI is InChI=1S/C22H22ClN5O/c1-12(2)28-19-7-5-14(10-18(19)20(23)26-28)22-25-21(27-29-22)17-6-4-15-11-24-9-8-16(15)13(17)3/h4-7,10,12,24H,8-9,11H2,1-3H3. The average Bonchev–Trinajstić information content (AvgIpc) is 3.34. The summed E-state index contributed by atoms with van der Waals surface area (Å²) in [7, 11) is 0. The van der Waals surface area contributed by atoms with Gasteiger partial charge in [-0.25, -0.2) is 0 Å². The number of fused-ring (bicyclic) bond motifs is 2. The van der Waals surface area contributed by atoms with E-state index in [1.165, 1.54) is 16.7 Å². The van der Waals surface area contributed by atoms with Crippen molar-refractivity contribution in [3.05, 3.63) is 52.2 Å². The van der Waals surface area contributed by atoms with E-state index in [4.69, 9.17) is 16.1 Å². The zero-order chi connectivity index (χ0) is 20.1. The van der Waals surface area contributed by atoms with Crippen LogP contribution in [0.4, 0.5) is 0 Å². The quantitative estimate of drug-likeness (QED) is 0.520. The van der Waals surface area contributed by atoms with Crippen LogP contribution in [0.2, 0.25) is 5.15 Å². The number of halogens is 1. The van der Waals surface area contributed by atoms with Gasteiger partial charge >= 0.3 is 0 Å². The summed E-state index contributed by atoms with van der Waals surface area (Å²) >= 11 is 6.37. The Kier molecular flexibility index (Phi) is 4.41. The second-order valence-electron chi connectivity index (χ2n) is 7.79. The average molecular weight is 408 g/mol. The SMILES string of the molecule is Cc1c(-c2noc(-c3ccc4c(c3)c(Cl)nn4C(C)C)n2)ccc2c1CCNC2. The van der Waals surface area contributed by atoms with E-state index in [1.54, 1.807) is 0 Å². The molecule has 0 bridgehead atoms. The number of hydrogen-bond acceptors (Lipinski definition) is 5. The number of hydrogen-bond donors (Lipinski definition) is 1. The lowest BCUT2D eigenvalue weighted by Crippen LogP contribution is -2.24. The van der Waals surface area contributed by atoms with Crippen LogP contribution >= 0.6 is 11.6 Å². The third kappa shape index (κ3) is 3.03. The van der Waals surface area contributed by atoms with Crippen LogP contribution in [0.3, 0.4) is 0 Å². The Bertz CT molecular complexity index is 1220. The maximum absolute atomic E-state index is 6.37. The van der Waals surface area contributed by atoms with Crippen molar-refractivity contribution in [1.29, 1.82) is 0 Å². The van der Waals surface area contributed by atoms with Gasteiger partial charge in [0, 0.05) is 29.1 Å². The van der Waals surface area contributed by atoms with Gasteiger partial charge in [-0.15, -0.1) is 0 Å². The summed E-state index contributed by atoms with van der Waals surface area (Å²) in [6.07, 6.45) is 1.02. The summed E-state index contributed by atoms with van der Waals surface area (Å²) in [4.78, 5) is 4.68. The summed E-state index contributed by atoms with van der Waals surface area (Å²) < 4.78 is 7.53. The Morgan fingerprint density at radius 1 is 1.21 bits per heavy atom. The van der Waals surface area contributed by atoms with E-state index in [-0.39, 0.29) is 6.04 Å². The predicted molar refractivity (Wildman–Crippen MR) is 114 cm³/mol. The van der Waals surface area contributed by atoms with E-state index in [2.05, 4.69) is 53.5 Å². The first kappa shape index (κ1) is 18.3. The monoisotopic (exact) mass is 407 g/mol. The molecule has 2 aromatic heterocycles. The molecule has 148 valence electrons. The molecule has 4 aromatic rings. The fourth-order valence-corrected chi connectivity index (χ4v) is 4.32. The molecule has 0 aliphatic carbocycles. The van der Waals surface area contributed by atoms with Crippen LogP contribution in [0, 0.1) is 6.92 Å². The minimum Gasteiger partial charge on any atom is -0.334 e. The van der Waals surface area contributed by atoms with Gasteiger partial charge in [0.05, 0.1) is 5.52 Å². The molecule has 29 heavy (non-hydrogen) atoms. The summed E-state index contributed by atoms with van der Waals surface area (Å²) in [6, 6.07) is 10.4. The van der Waals surface area contributed by atoms with Crippen LogP contribution in [0.5, 0.6) is 0 Å². The third-order valence-electron chi connectivity index (χ3n) is 5.63. The first-order chi connectivity index (χ1) is 14.0. The molecule has 0 amide bonds. The Morgan fingerprint density at radius 2 is 2.07 bits per heavy atom. The van der Waals surface area contributed by atoms with Crippen molar-refractivity contribution in [2.24, 2.45) is 0 Å². The predicted octanol–water partition coefficient (Wildman–Crippen LogP) is 4.94. The highest BCUT2D eigenvalue weighted by Gasteiger charge is 2.19. The fraction of sp³-hybridized carbons (Fsp3) is 0.318. The molecule has 2 aromatic carbocycles. The number of benzene rings is 2. The molecule has 1 N–H and O–H groups in total. The fourth-order valence-electron chi connectivity index (χ4n) is 4.09. The summed E-state index contributed by atoms with van der Waals surface area (Å²) in [5, 5.41) is 13.5. The molecule has 0 radical (unpaired) electrons. The van der Waals surface area contributed by atoms with E-state index in [0.29, 0.717) is 16.9 Å². The smallest absolute Gasteiger partial charge is 0.258 e. The Balaban J connectivity index is 1.55. The van der Waals surface area contributed by atoms with Gasteiger partial charge in [0.1, 0.15) is 0 Å². The maximum Gasteiger partial charge on any atom is 0.258 e. The van der Waals surface area contributed by atoms with Crippen LogP contribution < -0.4 is 5.32 Å². The van der Waals surface area contributed by atoms with E-state index in [0.717, 1.165) is 41.5 Å². The van der Waals surface area contributed by atoms with E-state index in [1.807, 2.05) is 22.9 Å². The second kappa shape index (κ2) is 6.97. The maximum atomic E-state index is 6.37. The molecule has 0 saturated carbocycles. The van der Waals surface area contributed by atoms with Crippen LogP contribution in [0.1, 0.15) is 36.6 Å². The molecule has 6 nitrogen and oxygen atoms in total. The number of nitrogens with one attached hydrogen (secondary N) is 1. The van der Waals surface area contributed by atoms with Gasteiger partial charge in [-0.2, -0.15) is 10.1 Å². The van der Waals surface area contributed by atoms with Crippen molar-refractivity contribution < 1.29 is 4.52 Å². The van der Waals surface area contributed by atoms with Gasteiger partial charge in [0.15, 0.2) is 5.15 Å². The minimum absolute atomic E-state index is 0.230. The molecule has 0 unspecified atom stereocenters. The van der Waals surface area contributed by atoms with Gasteiger partial charge in [-0.1, -0.05) is 28.9 Å². The molecule has 3 heterocycles. The van der Waals surface area contributed by atoms with E-state index < -0.39 is 0 Å². The van der Waals surface area contributed by atoms with Gasteiger partial charge in [0.2, 0.25) is 5.82 Å². The molecular weight excluding hydrogens is 386 g/mol. The zero-order valence-electron chi connectivity index (χ0n) is 16.7. The number of rotatable bonds is 3. The topological polar surface area (TPSA) is 68.8 Å². The van der Waals surface area contributed by atoms with Crippen molar-refractivity contribution in [2.75, 3.05) is 6.54 Å². The summed E-state index contributed by atoms with van der Waals surface area (Å²) in [5.74, 6) is 1.09. The second-order valence-corrected chi connectivity index (χ2v) is 8.14. The molecule has 7 heteroatoms. The summed E-state index contributed by atoms with van der Waals surface area (Å²) in [5.41, 5.74) is 6.82. The molecule has 0 atom stereocenters. The lowest BCUT2D eigenvalue weighted by molar-refractivity contribution is 0.432. The molecule has 1 aliphatic rings. The van der Waals surface area contributed by atoms with Crippen LogP contribution in [0.15, 0.2) is 34.9 Å². The van der Waals surface area contributed by atoms with Gasteiger partial charge < -0.3 is 9.84 Å². The van der Waals surface area contributed by atoms with Gasteiger partial charge in [-0.3, -0.25) is 4.68 Å². The number of nitrogens with zero attached hydrogens (tertiary/aromatic N) is 4. The Hall–Kier alpha value is -2.70. The minimum atomic E-state index is 0.230. The van der Waals surface area contributed by atoms with E-state index in [9.17, 15) is 0 Å². The van der Waals surface area contributed by atoms with Crippen molar-refractivity contribution in [3.63, 3.8) is 0 Å². The molecule has 5 rings (SSSR count). The van der Waals surface area contributed by atoms with Crippen LogP contribution in [-0.4, -0.2) is 26.5 Å². The Morgan fingerprint density at radius 3 is 2.90 bits per heavy atom. The van der Waals surface area contributed by atoms with Crippen molar-refractivity contribution >= 4 is 22.5 Å². The summed E-state index contributed by atoms with van der Waals surface area (Å²) in [6.45, 7) is 8.22. The number of aromatic nitrogens is 4. The molecule has 1 aliphatic heterocycles. The molecule has 0 fully saturated rings.